The van der Waals surface area contributed by atoms with Crippen molar-refractivity contribution in [2.45, 2.75) is 0 Å². The Hall–Kier alpha value is -6.58. The van der Waals surface area contributed by atoms with Gasteiger partial charge >= 0.3 is 16.5 Å². The lowest BCUT2D eigenvalue weighted by Gasteiger charge is -2.11. The highest BCUT2D eigenvalue weighted by molar-refractivity contribution is 7.32. The predicted octanol–water partition coefficient (Wildman–Crippen LogP) is 15.0. The molecule has 9 aromatic carbocycles. The average Bonchev–Trinajstić information content (AvgIpc) is 3.48. The summed E-state index contributed by atoms with van der Waals surface area (Å²) in [5.41, 5.74) is 2.73. The largest absolute Gasteiger partial charge is 0.451 e. The second kappa shape index (κ2) is 12.5. The standard InChI is InChI=1S/C46H27O6P2/c1-5-16-35-29(10-1)20-24-39-43(35)44-36-17-6-2-11-30(36)21-25-40(44)50-53(49-39)47-33-14-9-15-34(28-33)48-54-51-41-26-22-31-12-3-7-18-37(31)45(41)46-38-19-8-4-13-32(38)23-27-42(46)52-54/h1-27H/q-1. The van der Waals surface area contributed by atoms with E-state index in [0.717, 1.165) is 64.6 Å². The van der Waals surface area contributed by atoms with Crippen LogP contribution in [0.1, 0.15) is 0 Å². The summed E-state index contributed by atoms with van der Waals surface area (Å²) in [5, 5.41) is 12.6. The van der Waals surface area contributed by atoms with E-state index in [2.05, 4.69) is 78.9 Å². The minimum atomic E-state index is -1.94. The van der Waals surface area contributed by atoms with Gasteiger partial charge in [-0.2, -0.15) is 6.07 Å². The summed E-state index contributed by atoms with van der Waals surface area (Å²) in [7, 11) is -3.88. The summed E-state index contributed by atoms with van der Waals surface area (Å²) in [4.78, 5) is 0. The highest BCUT2D eigenvalue weighted by Crippen LogP contribution is 2.44. The summed E-state index contributed by atoms with van der Waals surface area (Å²) in [6.45, 7) is 0. The molecule has 0 unspecified atom stereocenters. The SMILES string of the molecule is [c-]1c(Op2oc3ccc4ccccc4c3c3c(ccc4ccccc43)o2)cccc1Op1oc2ccc3ccccc3c2c2c(ccc3ccccc32)o1. The van der Waals surface area contributed by atoms with Crippen molar-refractivity contribution in [2.24, 2.45) is 0 Å². The lowest BCUT2D eigenvalue weighted by Crippen LogP contribution is -1.83. The van der Waals surface area contributed by atoms with Gasteiger partial charge in [-0.3, -0.25) is 0 Å². The van der Waals surface area contributed by atoms with Gasteiger partial charge in [-0.15, -0.1) is 12.1 Å². The third-order valence-electron chi connectivity index (χ3n) is 9.84. The van der Waals surface area contributed by atoms with Crippen LogP contribution in [0.3, 0.4) is 0 Å². The fourth-order valence-corrected chi connectivity index (χ4v) is 9.48. The molecule has 2 heterocycles. The summed E-state index contributed by atoms with van der Waals surface area (Å²) in [6, 6.07) is 58.2. The lowest BCUT2D eigenvalue weighted by molar-refractivity contribution is 0.484. The van der Waals surface area contributed by atoms with Crippen molar-refractivity contribution < 1.29 is 25.8 Å². The van der Waals surface area contributed by atoms with Crippen LogP contribution in [-0.4, -0.2) is 0 Å². The van der Waals surface area contributed by atoms with E-state index in [0.29, 0.717) is 33.8 Å². The molecule has 11 aromatic rings. The summed E-state index contributed by atoms with van der Waals surface area (Å²) >= 11 is 0. The first-order valence-electron chi connectivity index (χ1n) is 17.5. The van der Waals surface area contributed by atoms with Crippen LogP contribution in [0.2, 0.25) is 0 Å². The Labute approximate surface area is 309 Å². The minimum Gasteiger partial charge on any atom is -0.418 e. The van der Waals surface area contributed by atoms with Crippen molar-refractivity contribution in [3.63, 3.8) is 0 Å². The number of hydrogen-bond acceptors (Lipinski definition) is 6. The first-order valence-corrected chi connectivity index (χ1v) is 19.7. The van der Waals surface area contributed by atoms with E-state index in [1.807, 2.05) is 78.9 Å². The molecule has 0 spiro atoms. The van der Waals surface area contributed by atoms with Crippen LogP contribution in [0.5, 0.6) is 11.5 Å². The normalized spacial score (nSPS) is 11.7. The third-order valence-corrected chi connectivity index (χ3v) is 11.9. The van der Waals surface area contributed by atoms with Crippen LogP contribution in [0.15, 0.2) is 181 Å². The zero-order valence-electron chi connectivity index (χ0n) is 28.4. The molecule has 8 heteroatoms. The quantitative estimate of drug-likeness (QED) is 0.168. The van der Waals surface area contributed by atoms with E-state index in [1.165, 1.54) is 0 Å². The van der Waals surface area contributed by atoms with Gasteiger partial charge in [0.2, 0.25) is 0 Å². The molecule has 0 aliphatic carbocycles. The van der Waals surface area contributed by atoms with Gasteiger partial charge in [0.15, 0.2) is 0 Å². The second-order valence-corrected chi connectivity index (χ2v) is 15.0. The van der Waals surface area contributed by atoms with Crippen molar-refractivity contribution >= 4 is 103 Å². The van der Waals surface area contributed by atoms with Gasteiger partial charge in [0, 0.05) is 33.0 Å². The average molecular weight is 738 g/mol. The fraction of sp³-hybridized carbons (Fsp3) is 0. The Morgan fingerprint density at radius 2 is 0.611 bits per heavy atom. The summed E-state index contributed by atoms with van der Waals surface area (Å²) in [5.74, 6) is 0.792. The molecule has 258 valence electrons. The third kappa shape index (κ3) is 5.19. The van der Waals surface area contributed by atoms with E-state index in [9.17, 15) is 0 Å². The Balaban J connectivity index is 1.05. The zero-order chi connectivity index (χ0) is 35.6. The molecule has 0 saturated heterocycles. The predicted molar refractivity (Wildman–Crippen MR) is 220 cm³/mol. The van der Waals surface area contributed by atoms with Crippen LogP contribution >= 0.6 is 16.5 Å². The molecule has 2 aromatic heterocycles. The maximum Gasteiger partial charge on any atom is 0.451 e. The van der Waals surface area contributed by atoms with Crippen LogP contribution in [0.25, 0.3) is 87.0 Å². The Morgan fingerprint density at radius 1 is 0.315 bits per heavy atom. The molecule has 0 aliphatic rings. The molecule has 0 aliphatic heterocycles. The van der Waals surface area contributed by atoms with Crippen molar-refractivity contribution in [1.29, 1.82) is 0 Å². The molecule has 0 amide bonds. The van der Waals surface area contributed by atoms with E-state index in [4.69, 9.17) is 25.8 Å². The maximum atomic E-state index is 6.57. The van der Waals surface area contributed by atoms with Crippen molar-refractivity contribution in [3.05, 3.63) is 170 Å². The molecule has 54 heavy (non-hydrogen) atoms. The summed E-state index contributed by atoms with van der Waals surface area (Å²) in [6.07, 6.45) is 0. The maximum absolute atomic E-state index is 6.57. The summed E-state index contributed by atoms with van der Waals surface area (Å²) < 4.78 is 39.2. The van der Waals surface area contributed by atoms with Gasteiger partial charge < -0.3 is 25.8 Å². The lowest BCUT2D eigenvalue weighted by atomic mass is 9.99. The van der Waals surface area contributed by atoms with E-state index < -0.39 is 16.5 Å². The molecule has 0 radical (unpaired) electrons. The topological polar surface area (TPSA) is 71.0 Å². The number of benzene rings is 9. The highest BCUT2D eigenvalue weighted by Gasteiger charge is 2.16. The molecule has 6 nitrogen and oxygen atoms in total. The smallest absolute Gasteiger partial charge is 0.418 e. The molecule has 0 fully saturated rings. The van der Waals surface area contributed by atoms with Gasteiger partial charge in [0.25, 0.3) is 0 Å². The van der Waals surface area contributed by atoms with Crippen molar-refractivity contribution in [2.75, 3.05) is 0 Å². The highest BCUT2D eigenvalue weighted by atomic mass is 31.1. The molecule has 0 bridgehead atoms. The first kappa shape index (κ1) is 31.0. The molecule has 11 rings (SSSR count). The van der Waals surface area contributed by atoms with E-state index >= 15 is 0 Å². The van der Waals surface area contributed by atoms with Gasteiger partial charge in [0.1, 0.15) is 22.3 Å². The van der Waals surface area contributed by atoms with Crippen LogP contribution in [-0.2, 0) is 0 Å². The van der Waals surface area contributed by atoms with Gasteiger partial charge in [-0.25, -0.2) is 0 Å². The molecule has 0 saturated carbocycles. The Bertz CT molecular complexity index is 2950. The van der Waals surface area contributed by atoms with Crippen molar-refractivity contribution in [1.82, 2.24) is 0 Å². The first-order chi connectivity index (χ1) is 26.7. The second-order valence-electron chi connectivity index (χ2n) is 13.0. The molecular weight excluding hydrogens is 710 g/mol. The minimum absolute atomic E-state index is 0.396. The number of rotatable bonds is 4. The number of fused-ring (bicyclic) bond motifs is 14. The molecule has 0 N–H and O–H groups in total. The molecule has 0 atom stereocenters. The van der Waals surface area contributed by atoms with E-state index in [1.54, 1.807) is 12.1 Å². The zero-order valence-corrected chi connectivity index (χ0v) is 30.2. The Morgan fingerprint density at radius 3 is 0.926 bits per heavy atom. The van der Waals surface area contributed by atoms with Gasteiger partial charge in [-0.1, -0.05) is 127 Å². The monoisotopic (exact) mass is 737 g/mol. The van der Waals surface area contributed by atoms with Crippen molar-refractivity contribution in [3.8, 4) is 11.5 Å². The van der Waals surface area contributed by atoms with Gasteiger partial charge in [-0.05, 0) is 67.4 Å². The van der Waals surface area contributed by atoms with Crippen LogP contribution < -0.4 is 9.05 Å². The van der Waals surface area contributed by atoms with Gasteiger partial charge in [0.05, 0.1) is 0 Å². The fourth-order valence-electron chi connectivity index (χ4n) is 7.47. The van der Waals surface area contributed by atoms with Crippen LogP contribution in [0.4, 0.5) is 0 Å². The van der Waals surface area contributed by atoms with E-state index in [-0.39, 0.29) is 0 Å². The van der Waals surface area contributed by atoms with Crippen LogP contribution in [0, 0.1) is 6.07 Å². The number of hydrogen-bond donors (Lipinski definition) is 0. The molecular formula is C46H27O6P2-. The Kier molecular flexibility index (Phi) is 7.19.